The van der Waals surface area contributed by atoms with Crippen LogP contribution in [0, 0.1) is 0 Å². The average molecular weight is 809 g/mol. The maximum absolute atomic E-state index is 12.6. The molecule has 2 fully saturated rings. The van der Waals surface area contributed by atoms with E-state index in [-0.39, 0.29) is 19.6 Å². The Morgan fingerprint density at radius 1 is 0.518 bits per heavy atom. The van der Waals surface area contributed by atoms with Crippen molar-refractivity contribution in [2.45, 2.75) is 229 Å². The lowest BCUT2D eigenvalue weighted by Gasteiger charge is -2.42. The topological polar surface area (TPSA) is 214 Å². The van der Waals surface area contributed by atoms with Crippen molar-refractivity contribution in [1.29, 1.82) is 0 Å². The summed E-state index contributed by atoms with van der Waals surface area (Å²) >= 11 is 0. The fraction of sp³-hybridized carbons (Fsp3) is 0.976. The lowest BCUT2D eigenvalue weighted by atomic mass is 9.98. The number of unbranched alkanes of at least 4 members (excludes halogenated alkanes) is 20. The standard InChI is InChI=1S/C42H80O14/c1-3-5-7-8-9-10-11-12-13-14-15-16-17-18-19-20-21-22-24-26-51-28-31(54-34(44)25-23-6-4-2)29-52-41-40(50)38(48)36(46)33(56-41)30-53-42-39(49)37(47)35(45)32(27-43)55-42/h31-33,35-43,45-50H,3-30H2,1-2H3. The molecule has 2 aliphatic rings. The second-order valence-electron chi connectivity index (χ2n) is 15.9. The van der Waals surface area contributed by atoms with Gasteiger partial charge >= 0.3 is 5.97 Å². The molecule has 332 valence electrons. The Hall–Kier alpha value is -1.01. The SMILES string of the molecule is CCCCCCCCCCCCCCCCCCCCCOCC(COC1OC(COC2OC(CO)C(O)C(O)C2O)C(O)C(O)C1O)OC(=O)CCCCC. The quantitative estimate of drug-likeness (QED) is 0.0351. The van der Waals surface area contributed by atoms with E-state index in [9.17, 15) is 40.5 Å². The summed E-state index contributed by atoms with van der Waals surface area (Å²) in [4.78, 5) is 12.6. The van der Waals surface area contributed by atoms with Crippen LogP contribution >= 0.6 is 0 Å². The molecule has 7 N–H and O–H groups in total. The molecule has 2 heterocycles. The monoisotopic (exact) mass is 809 g/mol. The summed E-state index contributed by atoms with van der Waals surface area (Å²) in [7, 11) is 0. The molecule has 0 bridgehead atoms. The van der Waals surface area contributed by atoms with Crippen LogP contribution in [0.1, 0.15) is 162 Å². The van der Waals surface area contributed by atoms with E-state index in [1.54, 1.807) is 0 Å². The number of esters is 1. The second-order valence-corrected chi connectivity index (χ2v) is 15.9. The largest absolute Gasteiger partial charge is 0.457 e. The van der Waals surface area contributed by atoms with Gasteiger partial charge in [0.1, 0.15) is 54.9 Å². The predicted molar refractivity (Wildman–Crippen MR) is 211 cm³/mol. The van der Waals surface area contributed by atoms with Crippen molar-refractivity contribution in [1.82, 2.24) is 0 Å². The second kappa shape index (κ2) is 31.9. The Kier molecular flexibility index (Phi) is 29.1. The number of rotatable bonds is 34. The highest BCUT2D eigenvalue weighted by molar-refractivity contribution is 5.69. The summed E-state index contributed by atoms with van der Waals surface area (Å²) in [5.74, 6) is -0.398. The van der Waals surface area contributed by atoms with Gasteiger partial charge in [0.05, 0.1) is 26.4 Å². The zero-order valence-electron chi connectivity index (χ0n) is 34.6. The highest BCUT2D eigenvalue weighted by Crippen LogP contribution is 2.26. The van der Waals surface area contributed by atoms with Gasteiger partial charge in [0.15, 0.2) is 12.6 Å². The van der Waals surface area contributed by atoms with E-state index in [4.69, 9.17) is 28.4 Å². The van der Waals surface area contributed by atoms with Crippen LogP contribution < -0.4 is 0 Å². The normalized spacial score (nSPS) is 28.7. The first-order valence-corrected chi connectivity index (χ1v) is 22.1. The van der Waals surface area contributed by atoms with E-state index in [0.29, 0.717) is 13.0 Å². The highest BCUT2D eigenvalue weighted by atomic mass is 16.7. The van der Waals surface area contributed by atoms with Crippen LogP contribution in [-0.2, 0) is 33.2 Å². The van der Waals surface area contributed by atoms with E-state index in [2.05, 4.69) is 6.92 Å². The summed E-state index contributed by atoms with van der Waals surface area (Å²) in [5.41, 5.74) is 0. The van der Waals surface area contributed by atoms with Gasteiger partial charge in [0.2, 0.25) is 0 Å². The molecule has 11 atom stereocenters. The highest BCUT2D eigenvalue weighted by Gasteiger charge is 2.47. The molecule has 0 saturated carbocycles. The first-order chi connectivity index (χ1) is 27.1. The molecule has 0 radical (unpaired) electrons. The molecule has 2 saturated heterocycles. The van der Waals surface area contributed by atoms with Crippen LogP contribution in [0.25, 0.3) is 0 Å². The number of ether oxygens (including phenoxy) is 6. The molecule has 0 aromatic rings. The Morgan fingerprint density at radius 3 is 1.45 bits per heavy atom. The molecule has 14 heteroatoms. The molecular formula is C42H80O14. The van der Waals surface area contributed by atoms with Gasteiger partial charge in [-0.2, -0.15) is 0 Å². The zero-order chi connectivity index (χ0) is 41.0. The number of hydrogen-bond acceptors (Lipinski definition) is 14. The van der Waals surface area contributed by atoms with E-state index >= 15 is 0 Å². The van der Waals surface area contributed by atoms with Crippen molar-refractivity contribution in [2.75, 3.05) is 33.0 Å². The van der Waals surface area contributed by atoms with Crippen LogP contribution in [0.4, 0.5) is 0 Å². The summed E-state index contributed by atoms with van der Waals surface area (Å²) in [6, 6.07) is 0. The van der Waals surface area contributed by atoms with Crippen LogP contribution in [-0.4, -0.2) is 142 Å². The molecule has 14 nitrogen and oxygen atoms in total. The fourth-order valence-electron chi connectivity index (χ4n) is 7.17. The third-order valence-electron chi connectivity index (χ3n) is 10.9. The molecule has 2 rings (SSSR count). The van der Waals surface area contributed by atoms with Crippen molar-refractivity contribution in [3.63, 3.8) is 0 Å². The number of carbonyl (C=O) groups excluding carboxylic acids is 1. The van der Waals surface area contributed by atoms with Crippen molar-refractivity contribution in [3.8, 4) is 0 Å². The van der Waals surface area contributed by atoms with Crippen LogP contribution in [0.5, 0.6) is 0 Å². The lowest BCUT2D eigenvalue weighted by Crippen LogP contribution is -2.61. The van der Waals surface area contributed by atoms with E-state index in [0.717, 1.165) is 32.1 Å². The van der Waals surface area contributed by atoms with Crippen LogP contribution in [0.2, 0.25) is 0 Å². The van der Waals surface area contributed by atoms with Crippen LogP contribution in [0.3, 0.4) is 0 Å². The molecule has 56 heavy (non-hydrogen) atoms. The first kappa shape index (κ1) is 51.1. The molecule has 2 aliphatic heterocycles. The molecule has 0 amide bonds. The zero-order valence-corrected chi connectivity index (χ0v) is 34.6. The Labute approximate surface area is 336 Å². The molecule has 0 aromatic carbocycles. The third-order valence-corrected chi connectivity index (χ3v) is 10.9. The number of aliphatic hydroxyl groups is 7. The summed E-state index contributed by atoms with van der Waals surface area (Å²) in [5, 5.41) is 71.4. The molecular weight excluding hydrogens is 728 g/mol. The van der Waals surface area contributed by atoms with Gasteiger partial charge in [-0.05, 0) is 12.8 Å². The Bertz CT molecular complexity index is 943. The van der Waals surface area contributed by atoms with Gasteiger partial charge < -0.3 is 64.2 Å². The van der Waals surface area contributed by atoms with Crippen molar-refractivity contribution in [2.24, 2.45) is 0 Å². The summed E-state index contributed by atoms with van der Waals surface area (Å²) in [6.45, 7) is 3.52. The predicted octanol–water partition coefficient (Wildman–Crippen LogP) is 4.57. The molecule has 11 unspecified atom stereocenters. The maximum atomic E-state index is 12.6. The summed E-state index contributed by atoms with van der Waals surface area (Å²) in [6.07, 6.45) is 11.4. The fourth-order valence-corrected chi connectivity index (χ4v) is 7.17. The Balaban J connectivity index is 1.66. The van der Waals surface area contributed by atoms with Gasteiger partial charge in [-0.3, -0.25) is 4.79 Å². The van der Waals surface area contributed by atoms with Gasteiger partial charge in [-0.25, -0.2) is 0 Å². The minimum Gasteiger partial charge on any atom is -0.457 e. The minimum atomic E-state index is -1.70. The summed E-state index contributed by atoms with van der Waals surface area (Å²) < 4.78 is 33.8. The number of carbonyl (C=O) groups is 1. The van der Waals surface area contributed by atoms with Crippen molar-refractivity contribution >= 4 is 5.97 Å². The number of aliphatic hydroxyl groups excluding tert-OH is 7. The lowest BCUT2D eigenvalue weighted by molar-refractivity contribution is -0.332. The van der Waals surface area contributed by atoms with Gasteiger partial charge in [-0.15, -0.1) is 0 Å². The number of hydrogen-bond donors (Lipinski definition) is 7. The average Bonchev–Trinajstić information content (AvgIpc) is 3.19. The maximum Gasteiger partial charge on any atom is 0.306 e. The van der Waals surface area contributed by atoms with Crippen molar-refractivity contribution in [3.05, 3.63) is 0 Å². The van der Waals surface area contributed by atoms with E-state index in [1.165, 1.54) is 103 Å². The first-order valence-electron chi connectivity index (χ1n) is 22.1. The molecule has 0 aliphatic carbocycles. The third kappa shape index (κ3) is 20.8. The van der Waals surface area contributed by atoms with E-state index < -0.39 is 86.7 Å². The van der Waals surface area contributed by atoms with Crippen LogP contribution in [0.15, 0.2) is 0 Å². The Morgan fingerprint density at radius 2 is 0.946 bits per heavy atom. The minimum absolute atomic E-state index is 0.0657. The molecule has 0 aromatic heterocycles. The smallest absolute Gasteiger partial charge is 0.306 e. The van der Waals surface area contributed by atoms with Gasteiger partial charge in [0, 0.05) is 13.0 Å². The van der Waals surface area contributed by atoms with Gasteiger partial charge in [0.25, 0.3) is 0 Å². The van der Waals surface area contributed by atoms with Gasteiger partial charge in [-0.1, -0.05) is 142 Å². The van der Waals surface area contributed by atoms with Crippen molar-refractivity contribution < 1.29 is 69.0 Å². The van der Waals surface area contributed by atoms with E-state index in [1.807, 2.05) is 6.92 Å². The molecule has 0 spiro atoms.